The number of Topliss-reactive ketones (excluding diaryl/α,β-unsaturated/α-hetero) is 1. The molecule has 4 saturated heterocycles. The van der Waals surface area contributed by atoms with Gasteiger partial charge in [-0.15, -0.1) is 0 Å². The smallest absolute Gasteiger partial charge is 0.270 e. The third kappa shape index (κ3) is 1.91. The first-order valence-electron chi connectivity index (χ1n) is 8.37. The highest BCUT2D eigenvalue weighted by molar-refractivity contribution is 5.91. The van der Waals surface area contributed by atoms with Crippen molar-refractivity contribution in [3.8, 4) is 0 Å². The predicted octanol–water partition coefficient (Wildman–Crippen LogP) is -0.624. The maximum Gasteiger partial charge on any atom is 0.270 e. The van der Waals surface area contributed by atoms with Crippen molar-refractivity contribution in [1.29, 1.82) is 0 Å². The van der Waals surface area contributed by atoms with Crippen molar-refractivity contribution in [2.45, 2.75) is 26.4 Å². The maximum atomic E-state index is 12.9. The topological polar surface area (TPSA) is 69.1 Å². The molecule has 4 fully saturated rings. The van der Waals surface area contributed by atoms with E-state index in [1.165, 1.54) is 9.80 Å². The first-order chi connectivity index (χ1) is 10.9. The van der Waals surface area contributed by atoms with Crippen molar-refractivity contribution in [2.24, 2.45) is 10.8 Å². The molecule has 2 unspecified atom stereocenters. The number of non-ortho nitro benzene ring substituents is 1. The molecule has 1 aromatic rings. The van der Waals surface area contributed by atoms with Gasteiger partial charge in [-0.2, -0.15) is 0 Å². The van der Waals surface area contributed by atoms with Crippen molar-refractivity contribution in [3.63, 3.8) is 0 Å². The molecule has 122 valence electrons. The van der Waals surface area contributed by atoms with E-state index in [2.05, 4.69) is 13.8 Å². The van der Waals surface area contributed by atoms with Gasteiger partial charge in [-0.3, -0.25) is 24.7 Å². The molecule has 1 aromatic carbocycles. The summed E-state index contributed by atoms with van der Waals surface area (Å²) in [5.74, 6) is 0.456. The molecule has 4 bridgehead atoms. The normalized spacial score (nSPS) is 41.3. The van der Waals surface area contributed by atoms with Gasteiger partial charge in [0.05, 0.1) is 23.6 Å². The van der Waals surface area contributed by atoms with E-state index in [9.17, 15) is 14.9 Å². The van der Waals surface area contributed by atoms with Gasteiger partial charge >= 0.3 is 0 Å². The van der Waals surface area contributed by atoms with Crippen LogP contribution >= 0.6 is 0 Å². The average molecular weight is 317 g/mol. The highest BCUT2D eigenvalue weighted by Crippen LogP contribution is 2.38. The number of hydrogen-bond donors (Lipinski definition) is 2. The molecule has 0 aliphatic carbocycles. The minimum atomic E-state index is -0.326. The van der Waals surface area contributed by atoms with E-state index in [1.807, 2.05) is 6.07 Å². The summed E-state index contributed by atoms with van der Waals surface area (Å²) in [5.41, 5.74) is 0.775. The van der Waals surface area contributed by atoms with Crippen molar-refractivity contribution < 1.29 is 19.5 Å². The number of carbonyl (C=O) groups excluding carboxylic acids is 1. The molecule has 0 saturated carbocycles. The fourth-order valence-corrected chi connectivity index (χ4v) is 5.48. The molecule has 6 nitrogen and oxygen atoms in total. The van der Waals surface area contributed by atoms with Crippen LogP contribution in [0.4, 0.5) is 5.69 Å². The summed E-state index contributed by atoms with van der Waals surface area (Å²) in [6.45, 7) is 7.68. The Morgan fingerprint density at radius 2 is 1.91 bits per heavy atom. The second-order valence-corrected chi connectivity index (χ2v) is 7.83. The molecule has 0 amide bonds. The first-order valence-corrected chi connectivity index (χ1v) is 8.37. The number of rotatable bonds is 3. The van der Waals surface area contributed by atoms with Crippen molar-refractivity contribution in [2.75, 3.05) is 26.2 Å². The molecule has 23 heavy (non-hydrogen) atoms. The van der Waals surface area contributed by atoms with E-state index >= 15 is 0 Å². The van der Waals surface area contributed by atoms with Crippen LogP contribution in [0.5, 0.6) is 0 Å². The molecule has 2 N–H and O–H groups in total. The van der Waals surface area contributed by atoms with Crippen LogP contribution in [0.1, 0.15) is 32.0 Å². The summed E-state index contributed by atoms with van der Waals surface area (Å²) in [7, 11) is 0. The van der Waals surface area contributed by atoms with Gasteiger partial charge in [-0.1, -0.05) is 13.0 Å². The third-order valence-corrected chi connectivity index (χ3v) is 6.30. The summed E-state index contributed by atoms with van der Waals surface area (Å²) in [6, 6.07) is 7.05. The van der Waals surface area contributed by atoms with Crippen LogP contribution in [-0.4, -0.2) is 36.9 Å². The fourth-order valence-electron chi connectivity index (χ4n) is 5.48. The van der Waals surface area contributed by atoms with E-state index in [4.69, 9.17) is 0 Å². The minimum absolute atomic E-state index is 0.157. The van der Waals surface area contributed by atoms with Crippen molar-refractivity contribution in [1.82, 2.24) is 0 Å². The Morgan fingerprint density at radius 1 is 1.26 bits per heavy atom. The standard InChI is InChI=1S/C17H21N3O3/c1-3-17-10-18-8-16(2,15(17)21)9-19(11-17)14(18)12-5-4-6-13(7-12)20(22)23/h4-7,14H,3,8-11H2,1-2H3/p+2. The van der Waals surface area contributed by atoms with E-state index in [-0.39, 0.29) is 27.6 Å². The Bertz CT molecular complexity index is 686. The van der Waals surface area contributed by atoms with Gasteiger partial charge in [-0.25, -0.2) is 0 Å². The second kappa shape index (κ2) is 4.61. The van der Waals surface area contributed by atoms with Crippen LogP contribution in [0.15, 0.2) is 24.3 Å². The van der Waals surface area contributed by atoms with Crippen LogP contribution < -0.4 is 9.80 Å². The Labute approximate surface area is 135 Å². The van der Waals surface area contributed by atoms with Crippen LogP contribution in [0, 0.1) is 20.9 Å². The van der Waals surface area contributed by atoms with Gasteiger partial charge in [0.25, 0.3) is 5.69 Å². The molecule has 4 heterocycles. The Balaban J connectivity index is 1.74. The van der Waals surface area contributed by atoms with Crippen molar-refractivity contribution in [3.05, 3.63) is 39.9 Å². The van der Waals surface area contributed by atoms with Gasteiger partial charge in [-0.05, 0) is 19.4 Å². The van der Waals surface area contributed by atoms with E-state index in [0.717, 1.165) is 38.2 Å². The largest absolute Gasteiger partial charge is 0.297 e. The molecular formula is C17H23N3O3+2. The third-order valence-electron chi connectivity index (χ3n) is 6.30. The molecule has 4 aliphatic rings. The number of nitrogens with one attached hydrogen (secondary N) is 2. The Hall–Kier alpha value is -1.79. The van der Waals surface area contributed by atoms with Crippen LogP contribution in [0.3, 0.4) is 0 Å². The number of nitrogens with zero attached hydrogens (tertiary/aromatic N) is 1. The summed E-state index contributed by atoms with van der Waals surface area (Å²) in [4.78, 5) is 26.5. The van der Waals surface area contributed by atoms with E-state index in [0.29, 0.717) is 5.78 Å². The van der Waals surface area contributed by atoms with Gasteiger partial charge in [0.1, 0.15) is 23.9 Å². The summed E-state index contributed by atoms with van der Waals surface area (Å²) < 4.78 is 0. The lowest BCUT2D eigenvalue weighted by molar-refractivity contribution is -1.18. The van der Waals surface area contributed by atoms with Gasteiger partial charge in [0.2, 0.25) is 6.17 Å². The number of quaternary nitrogens is 2. The molecule has 0 aromatic heterocycles. The highest BCUT2D eigenvalue weighted by atomic mass is 16.6. The Morgan fingerprint density at radius 3 is 2.48 bits per heavy atom. The summed E-state index contributed by atoms with van der Waals surface area (Å²) in [6.07, 6.45) is 1.12. The Kier molecular flexibility index (Phi) is 2.96. The van der Waals surface area contributed by atoms with Gasteiger partial charge in [0, 0.05) is 12.1 Å². The number of nitro benzene ring substituents is 1. The molecule has 0 spiro atoms. The number of benzene rings is 1. The predicted molar refractivity (Wildman–Crippen MR) is 83.1 cm³/mol. The lowest BCUT2D eigenvalue weighted by Crippen LogP contribution is -3.41. The highest BCUT2D eigenvalue weighted by Gasteiger charge is 2.69. The molecule has 4 aliphatic heterocycles. The zero-order valence-electron chi connectivity index (χ0n) is 13.6. The average Bonchev–Trinajstić information content (AvgIpc) is 2.51. The zero-order valence-corrected chi connectivity index (χ0v) is 13.6. The maximum absolute atomic E-state index is 12.9. The van der Waals surface area contributed by atoms with Crippen LogP contribution in [-0.2, 0) is 4.79 Å². The number of carbonyl (C=O) groups is 1. The zero-order chi connectivity index (χ0) is 16.4. The summed E-state index contributed by atoms with van der Waals surface area (Å²) >= 11 is 0. The van der Waals surface area contributed by atoms with Crippen LogP contribution in [0.25, 0.3) is 0 Å². The lowest BCUT2D eigenvalue weighted by Gasteiger charge is -2.59. The number of nitro groups is 1. The van der Waals surface area contributed by atoms with E-state index < -0.39 is 0 Å². The fraction of sp³-hybridized carbons (Fsp3) is 0.588. The second-order valence-electron chi connectivity index (χ2n) is 7.83. The quantitative estimate of drug-likeness (QED) is 0.576. The molecule has 5 rings (SSSR count). The number of hydrogen-bond acceptors (Lipinski definition) is 3. The van der Waals surface area contributed by atoms with Crippen LogP contribution in [0.2, 0.25) is 0 Å². The van der Waals surface area contributed by atoms with Crippen molar-refractivity contribution >= 4 is 11.5 Å². The molecule has 0 radical (unpaired) electrons. The minimum Gasteiger partial charge on any atom is -0.297 e. The number of ketones is 1. The van der Waals surface area contributed by atoms with E-state index in [1.54, 1.807) is 18.2 Å². The molecular weight excluding hydrogens is 294 g/mol. The number of piperidine rings is 2. The van der Waals surface area contributed by atoms with Gasteiger partial charge in [0.15, 0.2) is 5.78 Å². The molecule has 6 heteroatoms. The van der Waals surface area contributed by atoms with Gasteiger partial charge < -0.3 is 0 Å². The first kappa shape index (κ1) is 14.8. The molecule has 2 atom stereocenters. The monoisotopic (exact) mass is 317 g/mol. The lowest BCUT2D eigenvalue weighted by atomic mass is 9.60. The SMILES string of the molecule is CCC12C[NH+]3CC(C)(C[NH+](C1)C3c1cccc([N+](=O)[O-])c1)C2=O. The summed E-state index contributed by atoms with van der Waals surface area (Å²) in [5, 5.41) is 11.1.